The standard InChI is InChI=1S/C12H9BrN6/c13-8-3-1-2-7(4-8)10-9(5-14)11(15)18-12-16-6-17-19(10)12/h1-4,6,10H,15H2,(H,16,17,18)/t10-/m0/s1. The number of nitriles is 1. The molecule has 0 amide bonds. The SMILES string of the molecule is N#CC1=C(N)Nc2ncnn2[C@H]1c1cccc(Br)c1. The van der Waals surface area contributed by atoms with Gasteiger partial charge < -0.3 is 11.1 Å². The largest absolute Gasteiger partial charge is 0.384 e. The molecule has 1 atom stereocenters. The topological polar surface area (TPSA) is 92.6 Å². The summed E-state index contributed by atoms with van der Waals surface area (Å²) in [5.41, 5.74) is 7.23. The first-order valence-electron chi connectivity index (χ1n) is 5.52. The highest BCUT2D eigenvalue weighted by Gasteiger charge is 2.29. The lowest BCUT2D eigenvalue weighted by molar-refractivity contribution is 0.585. The van der Waals surface area contributed by atoms with Gasteiger partial charge in [-0.05, 0) is 17.7 Å². The predicted octanol–water partition coefficient (Wildman–Crippen LogP) is 1.75. The summed E-state index contributed by atoms with van der Waals surface area (Å²) in [4.78, 5) is 4.08. The van der Waals surface area contributed by atoms with E-state index in [0.717, 1.165) is 10.0 Å². The molecule has 0 saturated carbocycles. The van der Waals surface area contributed by atoms with E-state index < -0.39 is 0 Å². The first-order chi connectivity index (χ1) is 9.20. The van der Waals surface area contributed by atoms with Gasteiger partial charge in [0.1, 0.15) is 24.3 Å². The monoisotopic (exact) mass is 316 g/mol. The van der Waals surface area contributed by atoms with E-state index in [0.29, 0.717) is 17.3 Å². The van der Waals surface area contributed by atoms with Gasteiger partial charge in [-0.1, -0.05) is 28.1 Å². The molecule has 2 heterocycles. The highest BCUT2D eigenvalue weighted by atomic mass is 79.9. The van der Waals surface area contributed by atoms with Crippen molar-refractivity contribution in [1.29, 1.82) is 5.26 Å². The van der Waals surface area contributed by atoms with Crippen LogP contribution < -0.4 is 11.1 Å². The van der Waals surface area contributed by atoms with E-state index in [9.17, 15) is 5.26 Å². The molecule has 0 aliphatic carbocycles. The van der Waals surface area contributed by atoms with Crippen molar-refractivity contribution in [2.45, 2.75) is 6.04 Å². The average Bonchev–Trinajstić information content (AvgIpc) is 2.84. The Morgan fingerprint density at radius 3 is 3.05 bits per heavy atom. The second-order valence-electron chi connectivity index (χ2n) is 4.05. The normalized spacial score (nSPS) is 17.6. The fraction of sp³-hybridized carbons (Fsp3) is 0.0833. The molecule has 0 fully saturated rings. The molecule has 3 N–H and O–H groups in total. The highest BCUT2D eigenvalue weighted by Crippen LogP contribution is 2.33. The first-order valence-corrected chi connectivity index (χ1v) is 6.31. The minimum Gasteiger partial charge on any atom is -0.384 e. The third kappa shape index (κ3) is 1.86. The van der Waals surface area contributed by atoms with Crippen LogP contribution in [0.1, 0.15) is 11.6 Å². The summed E-state index contributed by atoms with van der Waals surface area (Å²) in [6.07, 6.45) is 1.43. The number of fused-ring (bicyclic) bond motifs is 1. The summed E-state index contributed by atoms with van der Waals surface area (Å²) < 4.78 is 2.58. The number of hydrogen-bond acceptors (Lipinski definition) is 5. The fourth-order valence-electron chi connectivity index (χ4n) is 2.09. The zero-order valence-corrected chi connectivity index (χ0v) is 11.3. The van der Waals surface area contributed by atoms with E-state index in [-0.39, 0.29) is 6.04 Å². The Bertz CT molecular complexity index is 711. The van der Waals surface area contributed by atoms with Gasteiger partial charge in [-0.2, -0.15) is 15.3 Å². The van der Waals surface area contributed by atoms with Crippen molar-refractivity contribution in [3.63, 3.8) is 0 Å². The van der Waals surface area contributed by atoms with Crippen LogP contribution in [0.5, 0.6) is 0 Å². The Hall–Kier alpha value is -2.33. The van der Waals surface area contributed by atoms with Gasteiger partial charge >= 0.3 is 0 Å². The molecule has 0 radical (unpaired) electrons. The molecule has 0 bridgehead atoms. The van der Waals surface area contributed by atoms with E-state index in [2.05, 4.69) is 37.4 Å². The molecular formula is C12H9BrN6. The summed E-state index contributed by atoms with van der Waals surface area (Å²) in [6, 6.07) is 9.47. The Balaban J connectivity index is 2.21. The number of halogens is 1. The molecule has 1 aromatic carbocycles. The Morgan fingerprint density at radius 2 is 2.32 bits per heavy atom. The number of benzene rings is 1. The zero-order chi connectivity index (χ0) is 13.4. The molecule has 0 spiro atoms. The summed E-state index contributed by atoms with van der Waals surface area (Å²) in [6.45, 7) is 0. The number of allylic oxidation sites excluding steroid dienone is 1. The van der Waals surface area contributed by atoms with Gasteiger partial charge in [0, 0.05) is 4.47 Å². The Morgan fingerprint density at radius 1 is 1.47 bits per heavy atom. The lowest BCUT2D eigenvalue weighted by Crippen LogP contribution is -2.28. The minimum absolute atomic E-state index is 0.313. The summed E-state index contributed by atoms with van der Waals surface area (Å²) >= 11 is 3.43. The Labute approximate surface area is 117 Å². The van der Waals surface area contributed by atoms with Gasteiger partial charge in [-0.3, -0.25) is 0 Å². The molecule has 0 saturated heterocycles. The van der Waals surface area contributed by atoms with Crippen LogP contribution in [0.15, 0.2) is 46.5 Å². The van der Waals surface area contributed by atoms with E-state index in [1.165, 1.54) is 6.33 Å². The van der Waals surface area contributed by atoms with Gasteiger partial charge in [0.2, 0.25) is 5.95 Å². The van der Waals surface area contributed by atoms with Crippen LogP contribution in [0, 0.1) is 11.3 Å². The number of hydrogen-bond donors (Lipinski definition) is 2. The molecule has 3 rings (SSSR count). The summed E-state index contributed by atoms with van der Waals surface area (Å²) in [7, 11) is 0. The van der Waals surface area contributed by atoms with Crippen LogP contribution in [-0.2, 0) is 0 Å². The van der Waals surface area contributed by atoms with Gasteiger partial charge in [0.05, 0.1) is 5.57 Å². The average molecular weight is 317 g/mol. The molecule has 7 heteroatoms. The zero-order valence-electron chi connectivity index (χ0n) is 9.71. The van der Waals surface area contributed by atoms with E-state index in [1.807, 2.05) is 24.3 Å². The lowest BCUT2D eigenvalue weighted by atomic mass is 9.98. The number of anilines is 1. The molecule has 1 aromatic heterocycles. The van der Waals surface area contributed by atoms with E-state index >= 15 is 0 Å². The fourth-order valence-corrected chi connectivity index (χ4v) is 2.51. The van der Waals surface area contributed by atoms with Gasteiger partial charge in [0.15, 0.2) is 0 Å². The van der Waals surface area contributed by atoms with Crippen LogP contribution in [0.25, 0.3) is 0 Å². The van der Waals surface area contributed by atoms with Gasteiger partial charge in [-0.25, -0.2) is 4.68 Å². The third-order valence-electron chi connectivity index (χ3n) is 2.91. The number of aromatic nitrogens is 3. The quantitative estimate of drug-likeness (QED) is 0.836. The summed E-state index contributed by atoms with van der Waals surface area (Å²) in [5, 5.41) is 16.4. The smallest absolute Gasteiger partial charge is 0.227 e. The van der Waals surface area contributed by atoms with E-state index in [4.69, 9.17) is 5.73 Å². The molecule has 2 aromatic rings. The molecule has 0 unspecified atom stereocenters. The van der Waals surface area contributed by atoms with Crippen molar-refractivity contribution in [3.8, 4) is 6.07 Å². The minimum atomic E-state index is -0.360. The highest BCUT2D eigenvalue weighted by molar-refractivity contribution is 9.10. The number of rotatable bonds is 1. The summed E-state index contributed by atoms with van der Waals surface area (Å²) in [5.74, 6) is 0.842. The van der Waals surface area contributed by atoms with Crippen molar-refractivity contribution in [2.24, 2.45) is 5.73 Å². The molecule has 1 aliphatic heterocycles. The van der Waals surface area contributed by atoms with Crippen molar-refractivity contribution in [3.05, 3.63) is 52.0 Å². The van der Waals surface area contributed by atoms with Crippen molar-refractivity contribution < 1.29 is 0 Å². The Kier molecular flexibility index (Phi) is 2.72. The molecule has 19 heavy (non-hydrogen) atoms. The maximum absolute atomic E-state index is 9.32. The van der Waals surface area contributed by atoms with Gasteiger partial charge in [-0.15, -0.1) is 0 Å². The third-order valence-corrected chi connectivity index (χ3v) is 3.41. The van der Waals surface area contributed by atoms with Gasteiger partial charge in [0.25, 0.3) is 0 Å². The number of nitrogens with two attached hydrogens (primary N) is 1. The maximum atomic E-state index is 9.32. The predicted molar refractivity (Wildman–Crippen MR) is 72.8 cm³/mol. The van der Waals surface area contributed by atoms with Crippen molar-refractivity contribution in [2.75, 3.05) is 5.32 Å². The van der Waals surface area contributed by atoms with Crippen molar-refractivity contribution >= 4 is 21.9 Å². The van der Waals surface area contributed by atoms with Crippen LogP contribution in [0.2, 0.25) is 0 Å². The first kappa shape index (κ1) is 11.7. The molecule has 94 valence electrons. The molecular weight excluding hydrogens is 308 g/mol. The molecule has 6 nitrogen and oxygen atoms in total. The van der Waals surface area contributed by atoms with Crippen LogP contribution in [-0.4, -0.2) is 14.8 Å². The second-order valence-corrected chi connectivity index (χ2v) is 4.97. The number of nitrogens with one attached hydrogen (secondary N) is 1. The van der Waals surface area contributed by atoms with Crippen molar-refractivity contribution in [1.82, 2.24) is 14.8 Å². The molecule has 1 aliphatic rings. The maximum Gasteiger partial charge on any atom is 0.227 e. The van der Waals surface area contributed by atoms with Crippen LogP contribution >= 0.6 is 15.9 Å². The lowest BCUT2D eigenvalue weighted by Gasteiger charge is -2.25. The van der Waals surface area contributed by atoms with Crippen LogP contribution in [0.3, 0.4) is 0 Å². The van der Waals surface area contributed by atoms with Crippen LogP contribution in [0.4, 0.5) is 5.95 Å². The second kappa shape index (κ2) is 4.40. The number of nitrogens with zero attached hydrogens (tertiary/aromatic N) is 4. The van der Waals surface area contributed by atoms with E-state index in [1.54, 1.807) is 4.68 Å².